The molecule has 2 aliphatic heterocycles. The van der Waals surface area contributed by atoms with Crippen molar-refractivity contribution in [2.24, 2.45) is 0 Å². The average Bonchev–Trinajstić information content (AvgIpc) is 3.05. The molecule has 2 saturated heterocycles. The lowest BCUT2D eigenvalue weighted by atomic mass is 9.92. The minimum absolute atomic E-state index is 0.360. The quantitative estimate of drug-likeness (QED) is 0.793. The molecule has 3 heterocycles. The number of nitrogens with zero attached hydrogens (tertiary/aromatic N) is 2. The Kier molecular flexibility index (Phi) is 4.97. The summed E-state index contributed by atoms with van der Waals surface area (Å²) in [6.07, 6.45) is 5.20. The Morgan fingerprint density at radius 1 is 1.24 bits per heavy atom. The number of thioether (sulfide) groups is 1. The van der Waals surface area contributed by atoms with Crippen LogP contribution in [0.5, 0.6) is 5.75 Å². The third kappa shape index (κ3) is 3.84. The second-order valence-electron chi connectivity index (χ2n) is 6.95. The zero-order chi connectivity index (χ0) is 17.1. The Hall–Kier alpha value is -1.56. The molecule has 132 valence electrons. The van der Waals surface area contributed by atoms with Gasteiger partial charge in [-0.2, -0.15) is 0 Å². The third-order valence-corrected chi connectivity index (χ3v) is 6.57. The van der Waals surface area contributed by atoms with Crippen LogP contribution in [0.15, 0.2) is 48.8 Å². The van der Waals surface area contributed by atoms with Crippen molar-refractivity contribution in [3.63, 3.8) is 0 Å². The Bertz CT molecular complexity index is 704. The number of hydrogen-bond acceptors (Lipinski definition) is 5. The molecule has 0 N–H and O–H groups in total. The molecule has 2 fully saturated rings. The van der Waals surface area contributed by atoms with Gasteiger partial charge in [-0.15, -0.1) is 11.8 Å². The highest BCUT2D eigenvalue weighted by Crippen LogP contribution is 2.46. The number of methoxy groups -OCH3 is 1. The molecule has 2 aliphatic rings. The molecule has 1 atom stereocenters. The maximum Gasteiger partial charge on any atom is 0.123 e. The molecule has 1 aromatic heterocycles. The molecular formula is C20H24N2O2S. The van der Waals surface area contributed by atoms with E-state index in [0.717, 1.165) is 43.1 Å². The molecule has 4 rings (SSSR count). The van der Waals surface area contributed by atoms with Crippen molar-refractivity contribution in [1.82, 2.24) is 9.88 Å². The van der Waals surface area contributed by atoms with E-state index in [2.05, 4.69) is 39.8 Å². The van der Waals surface area contributed by atoms with Crippen molar-refractivity contribution in [1.29, 1.82) is 0 Å². The first-order chi connectivity index (χ1) is 12.3. The van der Waals surface area contributed by atoms with Gasteiger partial charge in [0.2, 0.25) is 0 Å². The Morgan fingerprint density at radius 2 is 2.12 bits per heavy atom. The number of likely N-dealkylation sites (tertiary alicyclic amines) is 1. The molecule has 0 bridgehead atoms. The van der Waals surface area contributed by atoms with Gasteiger partial charge in [-0.1, -0.05) is 24.3 Å². The van der Waals surface area contributed by atoms with E-state index in [0.29, 0.717) is 17.5 Å². The summed E-state index contributed by atoms with van der Waals surface area (Å²) in [6.45, 7) is 3.92. The lowest BCUT2D eigenvalue weighted by Crippen LogP contribution is -2.58. The first-order valence-corrected chi connectivity index (χ1v) is 9.74. The molecule has 25 heavy (non-hydrogen) atoms. The van der Waals surface area contributed by atoms with Gasteiger partial charge in [0.1, 0.15) is 5.75 Å². The molecule has 2 aromatic rings. The SMILES string of the molecule is COc1ccccc1CN1CC2(C[C@@H](OCc3cccnc3)CS2)C1. The summed E-state index contributed by atoms with van der Waals surface area (Å²) in [6, 6.07) is 12.3. The fraction of sp³-hybridized carbons (Fsp3) is 0.450. The summed E-state index contributed by atoms with van der Waals surface area (Å²) in [7, 11) is 1.74. The number of hydrogen-bond donors (Lipinski definition) is 0. The van der Waals surface area contributed by atoms with E-state index in [-0.39, 0.29) is 0 Å². The Balaban J connectivity index is 1.26. The Morgan fingerprint density at radius 3 is 2.92 bits per heavy atom. The van der Waals surface area contributed by atoms with Gasteiger partial charge >= 0.3 is 0 Å². The normalized spacial score (nSPS) is 22.0. The van der Waals surface area contributed by atoms with Crippen molar-refractivity contribution < 1.29 is 9.47 Å². The number of pyridine rings is 1. The van der Waals surface area contributed by atoms with E-state index in [9.17, 15) is 0 Å². The minimum atomic E-state index is 0.360. The van der Waals surface area contributed by atoms with E-state index in [1.54, 1.807) is 13.3 Å². The lowest BCUT2D eigenvalue weighted by molar-refractivity contribution is 0.0262. The van der Waals surface area contributed by atoms with Crippen LogP contribution < -0.4 is 4.74 Å². The maximum absolute atomic E-state index is 6.11. The van der Waals surface area contributed by atoms with Crippen LogP contribution in [0.2, 0.25) is 0 Å². The number of ether oxygens (including phenoxy) is 2. The molecule has 1 spiro atoms. The summed E-state index contributed by atoms with van der Waals surface area (Å²) in [5.74, 6) is 2.09. The highest BCUT2D eigenvalue weighted by molar-refractivity contribution is 8.01. The van der Waals surface area contributed by atoms with Crippen LogP contribution in [0.25, 0.3) is 0 Å². The molecule has 0 aliphatic carbocycles. The van der Waals surface area contributed by atoms with E-state index in [4.69, 9.17) is 9.47 Å². The third-order valence-electron chi connectivity index (χ3n) is 4.99. The van der Waals surface area contributed by atoms with Gasteiger partial charge in [0.05, 0.1) is 19.8 Å². The van der Waals surface area contributed by atoms with E-state index >= 15 is 0 Å². The van der Waals surface area contributed by atoms with Crippen LogP contribution in [0.4, 0.5) is 0 Å². The molecular weight excluding hydrogens is 332 g/mol. The van der Waals surface area contributed by atoms with Crippen molar-refractivity contribution in [2.75, 3.05) is 26.0 Å². The van der Waals surface area contributed by atoms with E-state index < -0.39 is 0 Å². The molecule has 0 saturated carbocycles. The summed E-state index contributed by atoms with van der Waals surface area (Å²) in [5.41, 5.74) is 2.42. The topological polar surface area (TPSA) is 34.6 Å². The number of rotatable bonds is 6. The number of aromatic nitrogens is 1. The summed E-state index contributed by atoms with van der Waals surface area (Å²) in [4.78, 5) is 6.66. The van der Waals surface area contributed by atoms with Crippen molar-refractivity contribution >= 4 is 11.8 Å². The number of benzene rings is 1. The number of para-hydroxylation sites is 1. The Labute approximate surface area is 153 Å². The second-order valence-corrected chi connectivity index (χ2v) is 8.44. The average molecular weight is 356 g/mol. The second kappa shape index (κ2) is 7.36. The molecule has 0 radical (unpaired) electrons. The van der Waals surface area contributed by atoms with Crippen LogP contribution >= 0.6 is 11.8 Å². The van der Waals surface area contributed by atoms with Gasteiger partial charge in [-0.25, -0.2) is 0 Å². The zero-order valence-electron chi connectivity index (χ0n) is 14.6. The van der Waals surface area contributed by atoms with E-state index in [1.807, 2.05) is 24.4 Å². The molecule has 5 heteroatoms. The van der Waals surface area contributed by atoms with Crippen molar-refractivity contribution in [3.8, 4) is 5.75 Å². The van der Waals surface area contributed by atoms with Gasteiger partial charge in [0.15, 0.2) is 0 Å². The van der Waals surface area contributed by atoms with Crippen molar-refractivity contribution in [2.45, 2.75) is 30.4 Å². The van der Waals surface area contributed by atoms with E-state index in [1.165, 1.54) is 5.56 Å². The lowest BCUT2D eigenvalue weighted by Gasteiger charge is -2.47. The summed E-state index contributed by atoms with van der Waals surface area (Å²) < 4.78 is 12.0. The highest BCUT2D eigenvalue weighted by Gasteiger charge is 2.49. The van der Waals surface area contributed by atoms with Gasteiger partial charge in [-0.3, -0.25) is 9.88 Å². The molecule has 0 amide bonds. The van der Waals surface area contributed by atoms with Gasteiger partial charge in [0.25, 0.3) is 0 Å². The zero-order valence-corrected chi connectivity index (χ0v) is 15.4. The first kappa shape index (κ1) is 16.9. The van der Waals surface area contributed by atoms with Gasteiger partial charge in [0, 0.05) is 48.1 Å². The highest BCUT2D eigenvalue weighted by atomic mass is 32.2. The van der Waals surface area contributed by atoms with Crippen LogP contribution in [-0.4, -0.2) is 46.7 Å². The van der Waals surface area contributed by atoms with Crippen LogP contribution in [0.3, 0.4) is 0 Å². The predicted octanol–water partition coefficient (Wildman–Crippen LogP) is 3.37. The van der Waals surface area contributed by atoms with Gasteiger partial charge < -0.3 is 9.47 Å². The largest absolute Gasteiger partial charge is 0.496 e. The smallest absolute Gasteiger partial charge is 0.123 e. The molecule has 1 aromatic carbocycles. The van der Waals surface area contributed by atoms with Crippen LogP contribution in [0.1, 0.15) is 17.5 Å². The van der Waals surface area contributed by atoms with Crippen LogP contribution in [0, 0.1) is 0 Å². The first-order valence-electron chi connectivity index (χ1n) is 8.75. The molecule has 4 nitrogen and oxygen atoms in total. The summed E-state index contributed by atoms with van der Waals surface area (Å²) in [5, 5.41) is 0. The van der Waals surface area contributed by atoms with Crippen molar-refractivity contribution in [3.05, 3.63) is 59.9 Å². The fourth-order valence-corrected chi connectivity index (χ4v) is 5.39. The monoisotopic (exact) mass is 356 g/mol. The maximum atomic E-state index is 6.11. The molecule has 0 unspecified atom stereocenters. The van der Waals surface area contributed by atoms with Gasteiger partial charge in [-0.05, 0) is 24.1 Å². The van der Waals surface area contributed by atoms with Crippen LogP contribution in [-0.2, 0) is 17.9 Å². The fourth-order valence-electron chi connectivity index (χ4n) is 3.78. The predicted molar refractivity (Wildman–Crippen MR) is 101 cm³/mol. The minimum Gasteiger partial charge on any atom is -0.496 e. The standard InChI is InChI=1S/C20H24N2O2S/c1-23-19-7-3-2-6-17(19)11-22-14-20(15-22)9-18(13-25-20)24-12-16-5-4-8-21-10-16/h2-8,10,18H,9,11-15H2,1H3/t18-/m1/s1. The summed E-state index contributed by atoms with van der Waals surface area (Å²) >= 11 is 2.09.